The number of rotatable bonds is 2. The van der Waals surface area contributed by atoms with Crippen LogP contribution in [0, 0.1) is 6.92 Å². The Bertz CT molecular complexity index is 463. The minimum Gasteiger partial charge on any atom is -0.478 e. The Morgan fingerprint density at radius 3 is 2.18 bits per heavy atom. The van der Waals surface area contributed by atoms with E-state index in [4.69, 9.17) is 10.2 Å². The van der Waals surface area contributed by atoms with Crippen molar-refractivity contribution in [1.82, 2.24) is 0 Å². The third kappa shape index (κ3) is 4.38. The van der Waals surface area contributed by atoms with Crippen LogP contribution >= 0.6 is 11.3 Å². The molecule has 0 unspecified atom stereocenters. The molecule has 0 atom stereocenters. The van der Waals surface area contributed by atoms with Crippen molar-refractivity contribution >= 4 is 17.3 Å². The summed E-state index contributed by atoms with van der Waals surface area (Å²) in [6.45, 7) is 2.19. The summed E-state index contributed by atoms with van der Waals surface area (Å²) in [7, 11) is 0. The second kappa shape index (κ2) is 6.83. The summed E-state index contributed by atoms with van der Waals surface area (Å²) >= 11 is 1.60. The van der Waals surface area contributed by atoms with Crippen LogP contribution in [0.25, 0.3) is 0 Å². The molecule has 2 rings (SSSR count). The summed E-state index contributed by atoms with van der Waals surface area (Å²) in [5.41, 5.74) is 1.52. The number of hydrogen-bond acceptors (Lipinski definition) is 3. The molecule has 0 saturated heterocycles. The van der Waals surface area contributed by atoms with Crippen LogP contribution in [-0.4, -0.2) is 16.2 Å². The standard InChI is InChI=1S/C7H6O2.C6H8OS/c8-7(9)6-4-2-1-3-5-6;1-5-2-3-8-6(5)4-7/h1-5H,(H,8,9);2-3,7H,4H2,1H3. The van der Waals surface area contributed by atoms with Gasteiger partial charge in [-0.15, -0.1) is 11.3 Å². The van der Waals surface area contributed by atoms with Crippen molar-refractivity contribution in [2.24, 2.45) is 0 Å². The highest BCUT2D eigenvalue weighted by atomic mass is 32.1. The van der Waals surface area contributed by atoms with Gasteiger partial charge in [0.2, 0.25) is 0 Å². The van der Waals surface area contributed by atoms with E-state index in [1.54, 1.807) is 41.7 Å². The fourth-order valence-corrected chi connectivity index (χ4v) is 1.91. The number of carboxylic acids is 1. The van der Waals surface area contributed by atoms with E-state index in [1.165, 1.54) is 5.56 Å². The molecule has 0 bridgehead atoms. The van der Waals surface area contributed by atoms with E-state index in [2.05, 4.69) is 0 Å². The summed E-state index contributed by atoms with van der Waals surface area (Å²) in [6, 6.07) is 10.3. The second-order valence-corrected chi connectivity index (χ2v) is 4.36. The zero-order valence-electron chi connectivity index (χ0n) is 9.46. The van der Waals surface area contributed by atoms with Crippen molar-refractivity contribution in [1.29, 1.82) is 0 Å². The fourth-order valence-electron chi connectivity index (χ4n) is 1.15. The van der Waals surface area contributed by atoms with Gasteiger partial charge in [-0.05, 0) is 36.1 Å². The molecule has 0 aliphatic rings. The normalized spacial score (nSPS) is 9.29. The van der Waals surface area contributed by atoms with Gasteiger partial charge in [-0.3, -0.25) is 0 Å². The van der Waals surface area contributed by atoms with Gasteiger partial charge >= 0.3 is 5.97 Å². The first-order valence-corrected chi connectivity index (χ1v) is 5.95. The van der Waals surface area contributed by atoms with Crippen LogP contribution in [0.15, 0.2) is 41.8 Å². The maximum atomic E-state index is 10.2. The van der Waals surface area contributed by atoms with Gasteiger partial charge in [0.1, 0.15) is 0 Å². The van der Waals surface area contributed by atoms with E-state index in [0.717, 1.165) is 4.88 Å². The number of aryl methyl sites for hydroxylation is 1. The highest BCUT2D eigenvalue weighted by Crippen LogP contribution is 2.14. The van der Waals surface area contributed by atoms with Crippen molar-refractivity contribution in [3.8, 4) is 0 Å². The van der Waals surface area contributed by atoms with Gasteiger partial charge in [-0.25, -0.2) is 4.79 Å². The maximum Gasteiger partial charge on any atom is 0.335 e. The predicted octanol–water partition coefficient (Wildman–Crippen LogP) is 2.93. The SMILES string of the molecule is Cc1ccsc1CO.O=C(O)c1ccccc1. The maximum absolute atomic E-state index is 10.2. The van der Waals surface area contributed by atoms with Gasteiger partial charge in [-0.1, -0.05) is 18.2 Å². The van der Waals surface area contributed by atoms with Crippen LogP contribution in [0.4, 0.5) is 0 Å². The largest absolute Gasteiger partial charge is 0.478 e. The quantitative estimate of drug-likeness (QED) is 0.861. The first kappa shape index (κ1) is 13.4. The number of carbonyl (C=O) groups is 1. The Morgan fingerprint density at radius 2 is 1.88 bits per heavy atom. The lowest BCUT2D eigenvalue weighted by Crippen LogP contribution is -1.93. The van der Waals surface area contributed by atoms with Crippen molar-refractivity contribution < 1.29 is 15.0 Å². The second-order valence-electron chi connectivity index (χ2n) is 3.36. The topological polar surface area (TPSA) is 57.5 Å². The summed E-state index contributed by atoms with van der Waals surface area (Å²) in [6.07, 6.45) is 0. The Kier molecular flexibility index (Phi) is 5.39. The Morgan fingerprint density at radius 1 is 1.24 bits per heavy atom. The van der Waals surface area contributed by atoms with E-state index >= 15 is 0 Å². The van der Waals surface area contributed by atoms with E-state index in [0.29, 0.717) is 5.56 Å². The number of carboxylic acid groups (broad SMARTS) is 1. The molecule has 0 spiro atoms. The van der Waals surface area contributed by atoms with Crippen molar-refractivity contribution in [2.75, 3.05) is 0 Å². The highest BCUT2D eigenvalue weighted by molar-refractivity contribution is 7.10. The Balaban J connectivity index is 0.000000171. The fraction of sp³-hybridized carbons (Fsp3) is 0.154. The molecule has 0 fully saturated rings. The van der Waals surface area contributed by atoms with E-state index < -0.39 is 5.97 Å². The number of thiophene rings is 1. The third-order valence-electron chi connectivity index (χ3n) is 2.13. The van der Waals surface area contributed by atoms with Crippen LogP contribution in [-0.2, 0) is 6.61 Å². The molecule has 90 valence electrons. The van der Waals surface area contributed by atoms with Crippen LogP contribution in [0.3, 0.4) is 0 Å². The first-order chi connectivity index (χ1) is 8.15. The molecule has 0 saturated carbocycles. The number of hydrogen-bond donors (Lipinski definition) is 2. The van der Waals surface area contributed by atoms with Gasteiger partial charge < -0.3 is 10.2 Å². The smallest absolute Gasteiger partial charge is 0.335 e. The molecule has 1 heterocycles. The summed E-state index contributed by atoms with van der Waals surface area (Å²) in [5.74, 6) is -0.879. The molecule has 1 aromatic carbocycles. The minimum absolute atomic E-state index is 0.184. The molecule has 0 amide bonds. The Labute approximate surface area is 104 Å². The molecule has 0 aliphatic carbocycles. The molecular weight excluding hydrogens is 236 g/mol. The number of benzene rings is 1. The van der Waals surface area contributed by atoms with Crippen LogP contribution in [0.5, 0.6) is 0 Å². The number of aliphatic hydroxyl groups is 1. The van der Waals surface area contributed by atoms with Crippen molar-refractivity contribution in [2.45, 2.75) is 13.5 Å². The van der Waals surface area contributed by atoms with Gasteiger partial charge in [0.15, 0.2) is 0 Å². The summed E-state index contributed by atoms with van der Waals surface area (Å²) < 4.78 is 0. The van der Waals surface area contributed by atoms with Crippen LogP contribution in [0.1, 0.15) is 20.8 Å². The molecule has 3 nitrogen and oxygen atoms in total. The van der Waals surface area contributed by atoms with Crippen molar-refractivity contribution in [3.05, 3.63) is 57.8 Å². The molecule has 0 radical (unpaired) electrons. The number of aliphatic hydroxyl groups excluding tert-OH is 1. The molecular formula is C13H14O3S. The zero-order chi connectivity index (χ0) is 12.7. The highest BCUT2D eigenvalue weighted by Gasteiger charge is 1.96. The average molecular weight is 250 g/mol. The minimum atomic E-state index is -0.879. The predicted molar refractivity (Wildman–Crippen MR) is 68.4 cm³/mol. The molecule has 0 aliphatic heterocycles. The lowest BCUT2D eigenvalue weighted by atomic mass is 10.2. The number of aromatic carboxylic acids is 1. The molecule has 2 aromatic rings. The van der Waals surface area contributed by atoms with Crippen molar-refractivity contribution in [3.63, 3.8) is 0 Å². The summed E-state index contributed by atoms with van der Waals surface area (Å²) in [5, 5.41) is 19.0. The van der Waals surface area contributed by atoms with Gasteiger partial charge in [0.05, 0.1) is 12.2 Å². The van der Waals surface area contributed by atoms with E-state index in [-0.39, 0.29) is 6.61 Å². The molecule has 17 heavy (non-hydrogen) atoms. The van der Waals surface area contributed by atoms with Gasteiger partial charge in [0, 0.05) is 4.88 Å². The molecule has 4 heteroatoms. The van der Waals surface area contributed by atoms with Gasteiger partial charge in [-0.2, -0.15) is 0 Å². The molecule has 2 N–H and O–H groups in total. The van der Waals surface area contributed by atoms with Crippen LogP contribution < -0.4 is 0 Å². The van der Waals surface area contributed by atoms with E-state index in [1.807, 2.05) is 18.4 Å². The lowest BCUT2D eigenvalue weighted by Gasteiger charge is -1.88. The Hall–Kier alpha value is -1.65. The van der Waals surface area contributed by atoms with E-state index in [9.17, 15) is 4.79 Å². The first-order valence-electron chi connectivity index (χ1n) is 5.07. The zero-order valence-corrected chi connectivity index (χ0v) is 10.3. The monoisotopic (exact) mass is 250 g/mol. The summed E-state index contributed by atoms with van der Waals surface area (Å²) in [4.78, 5) is 11.3. The average Bonchev–Trinajstić information content (AvgIpc) is 2.76. The lowest BCUT2D eigenvalue weighted by molar-refractivity contribution is 0.0697. The van der Waals surface area contributed by atoms with Gasteiger partial charge in [0.25, 0.3) is 0 Å². The third-order valence-corrected chi connectivity index (χ3v) is 3.14. The molecule has 1 aromatic heterocycles. The van der Waals surface area contributed by atoms with Crippen LogP contribution in [0.2, 0.25) is 0 Å².